The minimum Gasteiger partial charge on any atom is -0.443 e. The number of benzene rings is 1. The molecule has 1 atom stereocenters. The molecule has 3 aromatic rings. The molecular formula is C25H24N4O3S. The lowest BCUT2D eigenvalue weighted by Crippen LogP contribution is -2.35. The number of carbonyl (C=O) groups excluding carboxylic acids is 2. The van der Waals surface area contributed by atoms with Crippen molar-refractivity contribution in [2.24, 2.45) is 0 Å². The molecular weight excluding hydrogens is 436 g/mol. The Balaban J connectivity index is 1.39. The number of fused-ring (bicyclic) bond motifs is 1. The van der Waals surface area contributed by atoms with E-state index in [1.807, 2.05) is 43.3 Å². The summed E-state index contributed by atoms with van der Waals surface area (Å²) in [6, 6.07) is 17.6. The number of hydrogen-bond donors (Lipinski definition) is 1. The fourth-order valence-corrected chi connectivity index (χ4v) is 5.06. The molecule has 1 aliphatic rings. The number of aromatic nitrogens is 1. The molecule has 1 aliphatic heterocycles. The standard InChI is InChI=1S/C25H24N4O3S/c1-17(18-7-3-2-4-8-18)13-23(30)28-24-21(14-26)20-10-12-29(15-22(20)33-24)25(31)32-16-19-9-5-6-11-27-19/h2-9,11,17H,10,12-13,15-16H2,1H3,(H,28,30). The summed E-state index contributed by atoms with van der Waals surface area (Å²) in [5.74, 6) is -0.0660. The van der Waals surface area contributed by atoms with Gasteiger partial charge in [-0.2, -0.15) is 5.26 Å². The minimum atomic E-state index is -0.416. The lowest BCUT2D eigenvalue weighted by atomic mass is 9.97. The van der Waals surface area contributed by atoms with E-state index in [0.29, 0.717) is 42.2 Å². The van der Waals surface area contributed by atoms with Crippen LogP contribution in [0.3, 0.4) is 0 Å². The largest absolute Gasteiger partial charge is 0.443 e. The van der Waals surface area contributed by atoms with Crippen LogP contribution in [0.4, 0.5) is 9.80 Å². The zero-order valence-electron chi connectivity index (χ0n) is 18.3. The highest BCUT2D eigenvalue weighted by Gasteiger charge is 2.28. The Bertz CT molecular complexity index is 1170. The van der Waals surface area contributed by atoms with Crippen molar-refractivity contribution in [3.05, 3.63) is 82.0 Å². The predicted molar refractivity (Wildman–Crippen MR) is 126 cm³/mol. The number of hydrogen-bond acceptors (Lipinski definition) is 6. The normalized spacial score (nSPS) is 13.5. The van der Waals surface area contributed by atoms with E-state index in [9.17, 15) is 14.9 Å². The molecule has 1 unspecified atom stereocenters. The second-order valence-electron chi connectivity index (χ2n) is 7.93. The monoisotopic (exact) mass is 460 g/mol. The Morgan fingerprint density at radius 2 is 2.03 bits per heavy atom. The van der Waals surface area contributed by atoms with Crippen LogP contribution in [-0.2, 0) is 29.1 Å². The molecule has 1 aromatic carbocycles. The Morgan fingerprint density at radius 3 is 2.76 bits per heavy atom. The lowest BCUT2D eigenvalue weighted by Gasteiger charge is -2.26. The van der Waals surface area contributed by atoms with Crippen LogP contribution >= 0.6 is 11.3 Å². The van der Waals surface area contributed by atoms with Crippen LogP contribution in [0.15, 0.2) is 54.7 Å². The molecule has 2 aromatic heterocycles. The number of nitrogens with one attached hydrogen (secondary N) is 1. The van der Waals surface area contributed by atoms with Gasteiger partial charge < -0.3 is 15.0 Å². The van der Waals surface area contributed by atoms with Crippen molar-refractivity contribution in [3.63, 3.8) is 0 Å². The molecule has 1 N–H and O–H groups in total. The molecule has 4 rings (SSSR count). The van der Waals surface area contributed by atoms with E-state index in [4.69, 9.17) is 4.74 Å². The maximum absolute atomic E-state index is 12.7. The van der Waals surface area contributed by atoms with Crippen LogP contribution < -0.4 is 5.32 Å². The lowest BCUT2D eigenvalue weighted by molar-refractivity contribution is -0.116. The van der Waals surface area contributed by atoms with E-state index >= 15 is 0 Å². The van der Waals surface area contributed by atoms with Gasteiger partial charge in [-0.3, -0.25) is 9.78 Å². The summed E-state index contributed by atoms with van der Waals surface area (Å²) in [4.78, 5) is 31.9. The molecule has 7 nitrogen and oxygen atoms in total. The van der Waals surface area contributed by atoms with Crippen molar-refractivity contribution in [2.45, 2.75) is 38.8 Å². The number of nitrogens with zero attached hydrogens (tertiary/aromatic N) is 3. The van der Waals surface area contributed by atoms with Gasteiger partial charge in [-0.1, -0.05) is 43.3 Å². The summed E-state index contributed by atoms with van der Waals surface area (Å²) >= 11 is 1.36. The van der Waals surface area contributed by atoms with Crippen LogP contribution in [0.1, 0.15) is 46.5 Å². The molecule has 0 saturated carbocycles. The summed E-state index contributed by atoms with van der Waals surface area (Å²) in [6.07, 6.45) is 2.11. The number of ether oxygens (including phenoxy) is 1. The average Bonchev–Trinajstić information content (AvgIpc) is 3.19. The van der Waals surface area contributed by atoms with Crippen molar-refractivity contribution in [2.75, 3.05) is 11.9 Å². The molecule has 0 radical (unpaired) electrons. The molecule has 33 heavy (non-hydrogen) atoms. The Labute approximate surface area is 196 Å². The van der Waals surface area contributed by atoms with Crippen LogP contribution in [-0.4, -0.2) is 28.4 Å². The third-order valence-corrected chi connectivity index (χ3v) is 6.74. The molecule has 0 spiro atoms. The smallest absolute Gasteiger partial charge is 0.410 e. The first-order valence-corrected chi connectivity index (χ1v) is 11.6. The molecule has 8 heteroatoms. The maximum atomic E-state index is 12.7. The third kappa shape index (κ3) is 5.38. The van der Waals surface area contributed by atoms with Gasteiger partial charge in [0.1, 0.15) is 17.7 Å². The van der Waals surface area contributed by atoms with Crippen molar-refractivity contribution >= 4 is 28.3 Å². The van der Waals surface area contributed by atoms with Gasteiger partial charge in [0.2, 0.25) is 5.91 Å². The van der Waals surface area contributed by atoms with E-state index in [-0.39, 0.29) is 18.4 Å². The van der Waals surface area contributed by atoms with Gasteiger partial charge in [0.15, 0.2) is 0 Å². The Morgan fingerprint density at radius 1 is 1.24 bits per heavy atom. The van der Waals surface area contributed by atoms with E-state index in [1.165, 1.54) is 11.3 Å². The first-order chi connectivity index (χ1) is 16.0. The molecule has 2 amide bonds. The van der Waals surface area contributed by atoms with Crippen molar-refractivity contribution in [1.29, 1.82) is 5.26 Å². The minimum absolute atomic E-state index is 0.0655. The number of amides is 2. The van der Waals surface area contributed by atoms with Crippen LogP contribution in [0.5, 0.6) is 0 Å². The number of anilines is 1. The quantitative estimate of drug-likeness (QED) is 0.568. The van der Waals surface area contributed by atoms with Gasteiger partial charge in [-0.25, -0.2) is 4.79 Å². The Hall–Kier alpha value is -3.70. The zero-order valence-corrected chi connectivity index (χ0v) is 19.1. The molecule has 168 valence electrons. The maximum Gasteiger partial charge on any atom is 0.410 e. The summed E-state index contributed by atoms with van der Waals surface area (Å²) < 4.78 is 5.39. The number of carbonyl (C=O) groups is 2. The van der Waals surface area contributed by atoms with E-state index < -0.39 is 6.09 Å². The first kappa shape index (κ1) is 22.5. The number of nitriles is 1. The van der Waals surface area contributed by atoms with Crippen LogP contribution in [0.2, 0.25) is 0 Å². The first-order valence-electron chi connectivity index (χ1n) is 10.8. The topological polar surface area (TPSA) is 95.3 Å². The van der Waals surface area contributed by atoms with Gasteiger partial charge >= 0.3 is 6.09 Å². The van der Waals surface area contributed by atoms with Gasteiger partial charge in [0.25, 0.3) is 0 Å². The summed E-state index contributed by atoms with van der Waals surface area (Å²) in [5.41, 5.74) is 3.18. The van der Waals surface area contributed by atoms with Crippen molar-refractivity contribution in [1.82, 2.24) is 9.88 Å². The highest BCUT2D eigenvalue weighted by molar-refractivity contribution is 7.16. The number of rotatable bonds is 6. The second-order valence-corrected chi connectivity index (χ2v) is 9.04. The van der Waals surface area contributed by atoms with Crippen molar-refractivity contribution in [3.8, 4) is 6.07 Å². The van der Waals surface area contributed by atoms with Crippen LogP contribution in [0, 0.1) is 11.3 Å². The summed E-state index contributed by atoms with van der Waals surface area (Å²) in [5, 5.41) is 13.2. The van der Waals surface area contributed by atoms with Gasteiger partial charge in [0, 0.05) is 24.0 Å². The van der Waals surface area contributed by atoms with Crippen LogP contribution in [0.25, 0.3) is 0 Å². The highest BCUT2D eigenvalue weighted by Crippen LogP contribution is 2.37. The van der Waals surface area contributed by atoms with E-state index in [0.717, 1.165) is 16.0 Å². The van der Waals surface area contributed by atoms with E-state index in [1.54, 1.807) is 23.2 Å². The number of thiophene rings is 1. The predicted octanol–water partition coefficient (Wildman–Crippen LogP) is 4.84. The average molecular weight is 461 g/mol. The van der Waals surface area contributed by atoms with Gasteiger partial charge in [-0.05, 0) is 35.6 Å². The molecule has 0 fully saturated rings. The van der Waals surface area contributed by atoms with Crippen molar-refractivity contribution < 1.29 is 14.3 Å². The third-order valence-electron chi connectivity index (χ3n) is 5.61. The number of pyridine rings is 1. The molecule has 3 heterocycles. The second kappa shape index (κ2) is 10.3. The fraction of sp³-hybridized carbons (Fsp3) is 0.280. The SMILES string of the molecule is CC(CC(=O)Nc1sc2c(c1C#N)CCN(C(=O)OCc1ccccn1)C2)c1ccccc1. The molecule has 0 saturated heterocycles. The molecule has 0 bridgehead atoms. The Kier molecular flexibility index (Phi) is 7.01. The fourth-order valence-electron chi connectivity index (χ4n) is 3.83. The highest BCUT2D eigenvalue weighted by atomic mass is 32.1. The van der Waals surface area contributed by atoms with Gasteiger partial charge in [0.05, 0.1) is 17.8 Å². The molecule has 0 aliphatic carbocycles. The summed E-state index contributed by atoms with van der Waals surface area (Å²) in [6.45, 7) is 2.93. The van der Waals surface area contributed by atoms with Gasteiger partial charge in [-0.15, -0.1) is 11.3 Å². The zero-order chi connectivity index (χ0) is 23.2. The summed E-state index contributed by atoms with van der Waals surface area (Å²) in [7, 11) is 0. The van der Waals surface area contributed by atoms with E-state index in [2.05, 4.69) is 16.4 Å².